The van der Waals surface area contributed by atoms with Gasteiger partial charge in [0, 0.05) is 17.7 Å². The zero-order valence-electron chi connectivity index (χ0n) is 9.89. The van der Waals surface area contributed by atoms with Gasteiger partial charge >= 0.3 is 0 Å². The largest absolute Gasteiger partial charge is 0.363 e. The third-order valence-electron chi connectivity index (χ3n) is 3.11. The highest BCUT2D eigenvalue weighted by Crippen LogP contribution is 2.38. The molecule has 15 heavy (non-hydrogen) atoms. The molecule has 1 heterocycles. The number of nitrogens with one attached hydrogen (secondary N) is 1. The Morgan fingerprint density at radius 1 is 1.33 bits per heavy atom. The van der Waals surface area contributed by atoms with Crippen molar-refractivity contribution in [2.75, 3.05) is 0 Å². The molecule has 1 aliphatic carbocycles. The van der Waals surface area contributed by atoms with E-state index < -0.39 is 0 Å². The van der Waals surface area contributed by atoms with Gasteiger partial charge in [-0.1, -0.05) is 13.8 Å². The average Bonchev–Trinajstić information content (AvgIpc) is 1.97. The lowest BCUT2D eigenvalue weighted by molar-refractivity contribution is -0.121. The summed E-state index contributed by atoms with van der Waals surface area (Å²) in [6.45, 7) is 8.22. The van der Waals surface area contributed by atoms with Crippen molar-refractivity contribution < 1.29 is 9.53 Å². The van der Waals surface area contributed by atoms with Crippen LogP contribution in [0.5, 0.6) is 0 Å². The molecule has 3 heteroatoms. The number of rotatable bonds is 0. The maximum absolute atomic E-state index is 12.0. The van der Waals surface area contributed by atoms with Crippen LogP contribution in [0.15, 0.2) is 11.3 Å². The Labute approximate surface area is 90.9 Å². The molecule has 0 aromatic rings. The number of Topliss-reactive ketones (excluding diaryl/α,β-unsaturated/α-hetero) is 1. The summed E-state index contributed by atoms with van der Waals surface area (Å²) in [5, 5.41) is 3.27. The molecular weight excluding hydrogens is 190 g/mol. The smallest absolute Gasteiger partial charge is 0.163 e. The van der Waals surface area contributed by atoms with E-state index in [0.717, 1.165) is 17.7 Å². The van der Waals surface area contributed by atoms with Gasteiger partial charge in [-0.15, -0.1) is 0 Å². The molecule has 2 rings (SSSR count). The number of ether oxygens (including phenoxy) is 1. The molecule has 1 aliphatic heterocycles. The Balaban J connectivity index is 2.36. The van der Waals surface area contributed by atoms with E-state index in [0.29, 0.717) is 6.42 Å². The van der Waals surface area contributed by atoms with Gasteiger partial charge in [0.05, 0.1) is 6.10 Å². The van der Waals surface area contributed by atoms with E-state index in [4.69, 9.17) is 4.74 Å². The van der Waals surface area contributed by atoms with Crippen LogP contribution in [0.1, 0.15) is 40.5 Å². The highest BCUT2D eigenvalue weighted by Gasteiger charge is 2.38. The van der Waals surface area contributed by atoms with Gasteiger partial charge in [-0.05, 0) is 25.7 Å². The molecule has 2 aliphatic rings. The van der Waals surface area contributed by atoms with Crippen molar-refractivity contribution in [2.45, 2.75) is 52.9 Å². The first-order valence-electron chi connectivity index (χ1n) is 5.57. The SMILES string of the molecule is CC1NC2=C(C(=O)CC(C)(C)C2)C(C)O1. The fourth-order valence-corrected chi connectivity index (χ4v) is 2.59. The average molecular weight is 209 g/mol. The van der Waals surface area contributed by atoms with E-state index in [1.54, 1.807) is 0 Å². The molecule has 0 spiro atoms. The highest BCUT2D eigenvalue weighted by atomic mass is 16.5. The highest BCUT2D eigenvalue weighted by molar-refractivity contribution is 5.98. The summed E-state index contributed by atoms with van der Waals surface area (Å²) in [7, 11) is 0. The van der Waals surface area contributed by atoms with Crippen LogP contribution in [0, 0.1) is 5.41 Å². The van der Waals surface area contributed by atoms with E-state index in [9.17, 15) is 4.79 Å². The van der Waals surface area contributed by atoms with Gasteiger partial charge in [-0.25, -0.2) is 0 Å². The van der Waals surface area contributed by atoms with E-state index in [1.807, 2.05) is 13.8 Å². The van der Waals surface area contributed by atoms with Crippen LogP contribution in [0.3, 0.4) is 0 Å². The van der Waals surface area contributed by atoms with Crippen molar-refractivity contribution in [2.24, 2.45) is 5.41 Å². The Hall–Kier alpha value is -0.830. The fraction of sp³-hybridized carbons (Fsp3) is 0.750. The first-order chi connectivity index (χ1) is 6.89. The maximum Gasteiger partial charge on any atom is 0.163 e. The van der Waals surface area contributed by atoms with Crippen LogP contribution in [-0.2, 0) is 9.53 Å². The number of ketones is 1. The standard InChI is InChI=1S/C12H19NO2/c1-7-11-9(13-8(2)15-7)5-12(3,4)6-10(11)14/h7-8,13H,5-6H2,1-4H3. The zero-order chi connectivity index (χ0) is 11.2. The lowest BCUT2D eigenvalue weighted by Crippen LogP contribution is -2.45. The molecular formula is C12H19NO2. The predicted molar refractivity (Wildman–Crippen MR) is 58.2 cm³/mol. The summed E-state index contributed by atoms with van der Waals surface area (Å²) in [6, 6.07) is 0. The monoisotopic (exact) mass is 209 g/mol. The van der Waals surface area contributed by atoms with Crippen LogP contribution in [-0.4, -0.2) is 18.1 Å². The Morgan fingerprint density at radius 2 is 2.00 bits per heavy atom. The third kappa shape index (κ3) is 1.93. The number of carbonyl (C=O) groups excluding carboxylic acids is 1. The summed E-state index contributed by atoms with van der Waals surface area (Å²) in [6.07, 6.45) is 1.54. The lowest BCUT2D eigenvalue weighted by Gasteiger charge is -2.39. The van der Waals surface area contributed by atoms with Crippen molar-refractivity contribution >= 4 is 5.78 Å². The Morgan fingerprint density at radius 3 is 2.67 bits per heavy atom. The molecule has 0 aromatic carbocycles. The Kier molecular flexibility index (Phi) is 2.38. The van der Waals surface area contributed by atoms with Crippen LogP contribution in [0.25, 0.3) is 0 Å². The predicted octanol–water partition coefficient (Wildman–Crippen LogP) is 1.98. The van der Waals surface area contributed by atoms with Gasteiger partial charge in [-0.2, -0.15) is 0 Å². The molecule has 84 valence electrons. The summed E-state index contributed by atoms with van der Waals surface area (Å²) in [5.74, 6) is 0.244. The lowest BCUT2D eigenvalue weighted by atomic mass is 9.74. The second-order valence-corrected chi connectivity index (χ2v) is 5.40. The third-order valence-corrected chi connectivity index (χ3v) is 3.11. The number of allylic oxidation sites excluding steroid dienone is 1. The quantitative estimate of drug-likeness (QED) is 0.663. The van der Waals surface area contributed by atoms with Crippen molar-refractivity contribution in [3.05, 3.63) is 11.3 Å². The van der Waals surface area contributed by atoms with Crippen LogP contribution in [0.4, 0.5) is 0 Å². The van der Waals surface area contributed by atoms with Crippen LogP contribution >= 0.6 is 0 Å². The first kappa shape index (κ1) is 10.7. The molecule has 3 nitrogen and oxygen atoms in total. The molecule has 1 N–H and O–H groups in total. The van der Waals surface area contributed by atoms with Crippen LogP contribution < -0.4 is 5.32 Å². The van der Waals surface area contributed by atoms with E-state index in [2.05, 4.69) is 19.2 Å². The molecule has 0 saturated heterocycles. The van der Waals surface area contributed by atoms with Gasteiger partial charge in [0.2, 0.25) is 0 Å². The Bertz CT molecular complexity index is 331. The normalized spacial score (nSPS) is 34.8. The van der Waals surface area contributed by atoms with Crippen molar-refractivity contribution in [3.63, 3.8) is 0 Å². The van der Waals surface area contributed by atoms with Gasteiger partial charge in [-0.3, -0.25) is 4.79 Å². The molecule has 0 amide bonds. The van der Waals surface area contributed by atoms with Crippen molar-refractivity contribution in [1.82, 2.24) is 5.32 Å². The molecule has 0 bridgehead atoms. The second kappa shape index (κ2) is 3.34. The summed E-state index contributed by atoms with van der Waals surface area (Å²) in [5.41, 5.74) is 2.05. The summed E-state index contributed by atoms with van der Waals surface area (Å²) >= 11 is 0. The zero-order valence-corrected chi connectivity index (χ0v) is 9.89. The first-order valence-corrected chi connectivity index (χ1v) is 5.57. The van der Waals surface area contributed by atoms with E-state index in [1.165, 1.54) is 0 Å². The summed E-state index contributed by atoms with van der Waals surface area (Å²) < 4.78 is 5.60. The van der Waals surface area contributed by atoms with Crippen molar-refractivity contribution in [3.8, 4) is 0 Å². The molecule has 0 aromatic heterocycles. The van der Waals surface area contributed by atoms with Crippen molar-refractivity contribution in [1.29, 1.82) is 0 Å². The van der Waals surface area contributed by atoms with Gasteiger partial charge in [0.15, 0.2) is 5.78 Å². The fourth-order valence-electron chi connectivity index (χ4n) is 2.59. The van der Waals surface area contributed by atoms with E-state index in [-0.39, 0.29) is 23.5 Å². The summed E-state index contributed by atoms with van der Waals surface area (Å²) in [4.78, 5) is 12.0. The minimum atomic E-state index is -0.0557. The van der Waals surface area contributed by atoms with Gasteiger partial charge in [0.1, 0.15) is 6.23 Å². The number of hydrogen-bond donors (Lipinski definition) is 1. The van der Waals surface area contributed by atoms with Gasteiger partial charge < -0.3 is 10.1 Å². The molecule has 0 radical (unpaired) electrons. The number of hydrogen-bond acceptors (Lipinski definition) is 3. The van der Waals surface area contributed by atoms with E-state index >= 15 is 0 Å². The second-order valence-electron chi connectivity index (χ2n) is 5.40. The number of carbonyl (C=O) groups is 1. The molecule has 0 saturated carbocycles. The van der Waals surface area contributed by atoms with Crippen LogP contribution in [0.2, 0.25) is 0 Å². The van der Waals surface area contributed by atoms with Gasteiger partial charge in [0.25, 0.3) is 0 Å². The maximum atomic E-state index is 12.0. The molecule has 2 atom stereocenters. The molecule has 2 unspecified atom stereocenters. The minimum absolute atomic E-state index is 0.0143. The topological polar surface area (TPSA) is 38.3 Å². The molecule has 0 fully saturated rings. The minimum Gasteiger partial charge on any atom is -0.363 e.